The van der Waals surface area contributed by atoms with Crippen LogP contribution in [-0.2, 0) is 17.1 Å². The SMILES string of the molecule is COc1ncnc2ccc(N3CCN(S(=O)(=O)c4nccn4C)CC3)cc12. The summed E-state index contributed by atoms with van der Waals surface area (Å²) >= 11 is 0. The van der Waals surface area contributed by atoms with Crippen molar-refractivity contribution in [1.29, 1.82) is 0 Å². The number of piperazine rings is 1. The molecule has 1 aromatic carbocycles. The Hall–Kier alpha value is -2.72. The average molecular weight is 388 g/mol. The monoisotopic (exact) mass is 388 g/mol. The van der Waals surface area contributed by atoms with Crippen LogP contribution in [0.1, 0.15) is 0 Å². The lowest BCUT2D eigenvalue weighted by Gasteiger charge is -2.35. The van der Waals surface area contributed by atoms with Gasteiger partial charge >= 0.3 is 0 Å². The summed E-state index contributed by atoms with van der Waals surface area (Å²) < 4.78 is 33.8. The quantitative estimate of drug-likeness (QED) is 0.655. The van der Waals surface area contributed by atoms with E-state index in [0.29, 0.717) is 32.1 Å². The van der Waals surface area contributed by atoms with E-state index in [2.05, 4.69) is 19.9 Å². The molecule has 1 aliphatic rings. The highest BCUT2D eigenvalue weighted by Gasteiger charge is 2.31. The lowest BCUT2D eigenvalue weighted by atomic mass is 10.2. The van der Waals surface area contributed by atoms with E-state index in [0.717, 1.165) is 16.6 Å². The van der Waals surface area contributed by atoms with Crippen LogP contribution in [0, 0.1) is 0 Å². The molecule has 0 unspecified atom stereocenters. The molecule has 3 aromatic rings. The van der Waals surface area contributed by atoms with Crippen molar-refractivity contribution in [2.24, 2.45) is 7.05 Å². The molecule has 0 saturated carbocycles. The van der Waals surface area contributed by atoms with E-state index in [4.69, 9.17) is 4.74 Å². The van der Waals surface area contributed by atoms with Crippen LogP contribution in [0.5, 0.6) is 5.88 Å². The van der Waals surface area contributed by atoms with Gasteiger partial charge in [-0.3, -0.25) is 0 Å². The molecule has 0 spiro atoms. The largest absolute Gasteiger partial charge is 0.480 e. The van der Waals surface area contributed by atoms with Crippen LogP contribution in [0.2, 0.25) is 0 Å². The van der Waals surface area contributed by atoms with Gasteiger partial charge in [0.2, 0.25) is 11.0 Å². The molecule has 0 N–H and O–H groups in total. The minimum atomic E-state index is -3.58. The zero-order chi connectivity index (χ0) is 19.0. The van der Waals surface area contributed by atoms with E-state index < -0.39 is 10.0 Å². The van der Waals surface area contributed by atoms with Gasteiger partial charge in [-0.2, -0.15) is 4.31 Å². The maximum atomic E-state index is 12.8. The molecular formula is C17H20N6O3S. The van der Waals surface area contributed by atoms with E-state index in [9.17, 15) is 8.42 Å². The molecule has 4 rings (SSSR count). The fraction of sp³-hybridized carbons (Fsp3) is 0.353. The van der Waals surface area contributed by atoms with Crippen molar-refractivity contribution in [1.82, 2.24) is 23.8 Å². The Balaban J connectivity index is 1.54. The van der Waals surface area contributed by atoms with Crippen molar-refractivity contribution < 1.29 is 13.2 Å². The molecule has 0 radical (unpaired) electrons. The number of benzene rings is 1. The molecule has 1 saturated heterocycles. The second-order valence-corrected chi connectivity index (χ2v) is 8.13. The number of imidazole rings is 1. The van der Waals surface area contributed by atoms with E-state index in [1.54, 1.807) is 20.4 Å². The van der Waals surface area contributed by atoms with Crippen LogP contribution in [-0.4, -0.2) is 65.5 Å². The molecule has 0 bridgehead atoms. The molecule has 1 fully saturated rings. The second-order valence-electron chi connectivity index (χ2n) is 6.30. The average Bonchev–Trinajstić information content (AvgIpc) is 3.14. The maximum Gasteiger partial charge on any atom is 0.277 e. The topological polar surface area (TPSA) is 93.5 Å². The molecule has 9 nitrogen and oxygen atoms in total. The Labute approximate surface area is 157 Å². The molecule has 0 atom stereocenters. The number of hydrogen-bond donors (Lipinski definition) is 0. The van der Waals surface area contributed by atoms with Crippen molar-refractivity contribution in [2.45, 2.75) is 5.16 Å². The number of fused-ring (bicyclic) bond motifs is 1. The van der Waals surface area contributed by atoms with Gasteiger partial charge in [-0.15, -0.1) is 0 Å². The highest BCUT2D eigenvalue weighted by Crippen LogP contribution is 2.27. The summed E-state index contributed by atoms with van der Waals surface area (Å²) in [4.78, 5) is 14.5. The summed E-state index contributed by atoms with van der Waals surface area (Å²) in [5.74, 6) is 0.526. The molecule has 142 valence electrons. The smallest absolute Gasteiger partial charge is 0.277 e. The molecule has 1 aliphatic heterocycles. The van der Waals surface area contributed by atoms with E-state index >= 15 is 0 Å². The van der Waals surface area contributed by atoms with E-state index in [-0.39, 0.29) is 5.16 Å². The third-order valence-electron chi connectivity index (χ3n) is 4.73. The number of nitrogens with zero attached hydrogens (tertiary/aromatic N) is 6. The molecule has 27 heavy (non-hydrogen) atoms. The van der Waals surface area contributed by atoms with Gasteiger partial charge in [-0.05, 0) is 18.2 Å². The van der Waals surface area contributed by atoms with Gasteiger partial charge in [0.25, 0.3) is 10.0 Å². The molecular weight excluding hydrogens is 368 g/mol. The van der Waals surface area contributed by atoms with Crippen molar-refractivity contribution in [3.05, 3.63) is 36.9 Å². The van der Waals surface area contributed by atoms with Crippen LogP contribution in [0.4, 0.5) is 5.69 Å². The van der Waals surface area contributed by atoms with Crippen molar-refractivity contribution >= 4 is 26.6 Å². The predicted octanol–water partition coefficient (Wildman–Crippen LogP) is 0.883. The molecule has 0 amide bonds. The van der Waals surface area contributed by atoms with Gasteiger partial charge in [0.15, 0.2) is 0 Å². The lowest BCUT2D eigenvalue weighted by Crippen LogP contribution is -2.49. The Kier molecular flexibility index (Phi) is 4.44. The van der Waals surface area contributed by atoms with Crippen LogP contribution in [0.15, 0.2) is 42.1 Å². The normalized spacial score (nSPS) is 16.0. The third-order valence-corrected chi connectivity index (χ3v) is 6.63. The first kappa shape index (κ1) is 17.7. The molecule has 10 heteroatoms. The number of methoxy groups -OCH3 is 1. The Bertz CT molecular complexity index is 1070. The highest BCUT2D eigenvalue weighted by molar-refractivity contribution is 7.89. The summed E-state index contributed by atoms with van der Waals surface area (Å²) in [5.41, 5.74) is 1.80. The molecule has 0 aliphatic carbocycles. The minimum Gasteiger partial charge on any atom is -0.480 e. The summed E-state index contributed by atoms with van der Waals surface area (Å²) in [6.07, 6.45) is 4.60. The first-order valence-electron chi connectivity index (χ1n) is 8.52. The number of aromatic nitrogens is 4. The van der Waals surface area contributed by atoms with Crippen molar-refractivity contribution in [3.63, 3.8) is 0 Å². The lowest BCUT2D eigenvalue weighted by molar-refractivity contribution is 0.379. The zero-order valence-electron chi connectivity index (χ0n) is 15.1. The van der Waals surface area contributed by atoms with Gasteiger partial charge in [-0.1, -0.05) is 0 Å². The first-order chi connectivity index (χ1) is 13.0. The van der Waals surface area contributed by atoms with Gasteiger partial charge < -0.3 is 14.2 Å². The minimum absolute atomic E-state index is 0.0727. The molecule has 2 aromatic heterocycles. The Morgan fingerprint density at radius 3 is 2.52 bits per heavy atom. The summed E-state index contributed by atoms with van der Waals surface area (Å²) in [7, 11) is -0.322. The van der Waals surface area contributed by atoms with Crippen LogP contribution in [0.3, 0.4) is 0 Å². The zero-order valence-corrected chi connectivity index (χ0v) is 15.9. The van der Waals surface area contributed by atoms with Crippen molar-refractivity contribution in [2.75, 3.05) is 38.2 Å². The maximum absolute atomic E-state index is 12.8. The Morgan fingerprint density at radius 1 is 1.07 bits per heavy atom. The highest BCUT2D eigenvalue weighted by atomic mass is 32.2. The van der Waals surface area contributed by atoms with Crippen LogP contribution in [0.25, 0.3) is 10.9 Å². The Morgan fingerprint density at radius 2 is 1.85 bits per heavy atom. The summed E-state index contributed by atoms with van der Waals surface area (Å²) in [5, 5.41) is 0.907. The first-order valence-corrected chi connectivity index (χ1v) is 9.96. The standard InChI is InChI=1S/C17H20N6O3S/c1-21-6-5-18-17(21)27(24,25)23-9-7-22(8-10-23)13-3-4-15-14(11-13)16(26-2)20-12-19-15/h3-6,11-12H,7-10H2,1-2H3. The van der Waals surface area contributed by atoms with Gasteiger partial charge in [0.1, 0.15) is 6.33 Å². The number of hydrogen-bond acceptors (Lipinski definition) is 7. The second kappa shape index (κ2) is 6.78. The summed E-state index contributed by atoms with van der Waals surface area (Å²) in [6.45, 7) is 1.97. The van der Waals surface area contributed by atoms with Gasteiger partial charge in [0, 0.05) is 51.3 Å². The number of anilines is 1. The number of rotatable bonds is 4. The number of aryl methyl sites for hydroxylation is 1. The van der Waals surface area contributed by atoms with Crippen molar-refractivity contribution in [3.8, 4) is 5.88 Å². The van der Waals surface area contributed by atoms with Gasteiger partial charge in [-0.25, -0.2) is 23.4 Å². The molecule has 3 heterocycles. The van der Waals surface area contributed by atoms with Crippen LogP contribution >= 0.6 is 0 Å². The van der Waals surface area contributed by atoms with Gasteiger partial charge in [0.05, 0.1) is 18.0 Å². The fourth-order valence-electron chi connectivity index (χ4n) is 3.28. The predicted molar refractivity (Wildman–Crippen MR) is 100 cm³/mol. The summed E-state index contributed by atoms with van der Waals surface area (Å²) in [6, 6.07) is 5.89. The van der Waals surface area contributed by atoms with E-state index in [1.807, 2.05) is 18.2 Å². The fourth-order valence-corrected chi connectivity index (χ4v) is 4.78. The van der Waals surface area contributed by atoms with E-state index in [1.165, 1.54) is 21.4 Å². The number of sulfonamides is 1. The van der Waals surface area contributed by atoms with Crippen LogP contribution < -0.4 is 9.64 Å². The number of ether oxygens (including phenoxy) is 1. The third kappa shape index (κ3) is 3.10.